The van der Waals surface area contributed by atoms with E-state index in [-0.39, 0.29) is 29.7 Å². The topological polar surface area (TPSA) is 125 Å². The minimum absolute atomic E-state index is 0.0306. The average molecular weight is 526 g/mol. The van der Waals surface area contributed by atoms with E-state index < -0.39 is 23.8 Å². The number of carbonyl (C=O) groups excluding carboxylic acids is 3. The van der Waals surface area contributed by atoms with Crippen molar-refractivity contribution < 1.29 is 23.9 Å². The van der Waals surface area contributed by atoms with Gasteiger partial charge in [-0.3, -0.25) is 9.59 Å². The Morgan fingerprint density at radius 3 is 2.55 bits per heavy atom. The van der Waals surface area contributed by atoms with Crippen LogP contribution in [0.15, 0.2) is 12.1 Å². The second-order valence-electron chi connectivity index (χ2n) is 11.6. The van der Waals surface area contributed by atoms with E-state index in [1.807, 2.05) is 19.1 Å². The van der Waals surface area contributed by atoms with Crippen LogP contribution in [0.25, 0.3) is 0 Å². The lowest BCUT2D eigenvalue weighted by atomic mass is 9.90. The quantitative estimate of drug-likeness (QED) is 0.639. The Bertz CT molecular complexity index is 1110. The first-order valence-corrected chi connectivity index (χ1v) is 13.5. The molecule has 0 spiro atoms. The highest BCUT2D eigenvalue weighted by atomic mass is 16.6. The molecule has 0 bridgehead atoms. The van der Waals surface area contributed by atoms with E-state index in [2.05, 4.69) is 16.4 Å². The second-order valence-corrected chi connectivity index (χ2v) is 11.6. The molecule has 4 rings (SSSR count). The molecule has 1 unspecified atom stereocenters. The van der Waals surface area contributed by atoms with Crippen molar-refractivity contribution in [2.45, 2.75) is 95.9 Å². The van der Waals surface area contributed by atoms with Gasteiger partial charge in [-0.1, -0.05) is 12.8 Å². The lowest BCUT2D eigenvalue weighted by Crippen LogP contribution is -2.57. The Kier molecular flexibility index (Phi) is 8.14. The number of nitrogens with zero attached hydrogens (tertiary/aromatic N) is 4. The van der Waals surface area contributed by atoms with Crippen molar-refractivity contribution in [2.75, 3.05) is 20.2 Å². The fourth-order valence-electron chi connectivity index (χ4n) is 6.00. The first-order valence-electron chi connectivity index (χ1n) is 13.5. The van der Waals surface area contributed by atoms with E-state index in [1.54, 1.807) is 37.7 Å². The summed E-state index contributed by atoms with van der Waals surface area (Å²) in [7, 11) is 1.56. The number of alkyl carbamates (subject to hydrolysis) is 1. The molecule has 3 aliphatic rings. The van der Waals surface area contributed by atoms with Crippen LogP contribution in [-0.2, 0) is 14.3 Å². The number of fused-ring (bicyclic) bond motifs is 1. The molecule has 206 valence electrons. The van der Waals surface area contributed by atoms with Gasteiger partial charge in [-0.05, 0) is 65.0 Å². The molecule has 3 saturated heterocycles. The standard InChI is InChI=1S/C28H39N5O5/c1-17-12-18(13-24(30-17)37-5)21-16-32(15-19(21)14-29)26(35)23-11-10-20-8-6-7-9-22(25(34)33(20)23)31-27(36)38-28(2,3)4/h12-13,19-23H,6-11,15-16H2,1-5H3,(H,31,36)/t19?,20-,21-,22-,23-/m0/s1. The summed E-state index contributed by atoms with van der Waals surface area (Å²) in [5.41, 5.74) is 1.03. The van der Waals surface area contributed by atoms with Crippen LogP contribution in [0.4, 0.5) is 4.79 Å². The molecule has 1 aromatic rings. The van der Waals surface area contributed by atoms with Gasteiger partial charge >= 0.3 is 6.09 Å². The van der Waals surface area contributed by atoms with Gasteiger partial charge in [0.05, 0.1) is 19.1 Å². The first-order chi connectivity index (χ1) is 18.0. The number of hydrogen-bond acceptors (Lipinski definition) is 7. The predicted octanol–water partition coefficient (Wildman–Crippen LogP) is 3.29. The third-order valence-electron chi connectivity index (χ3n) is 7.70. The molecule has 1 aromatic heterocycles. The van der Waals surface area contributed by atoms with Crippen LogP contribution in [0.3, 0.4) is 0 Å². The summed E-state index contributed by atoms with van der Waals surface area (Å²) < 4.78 is 10.7. The first kappa shape index (κ1) is 27.7. The summed E-state index contributed by atoms with van der Waals surface area (Å²) in [5.74, 6) is -0.403. The molecular weight excluding hydrogens is 486 g/mol. The lowest BCUT2D eigenvalue weighted by Gasteiger charge is -2.36. The summed E-state index contributed by atoms with van der Waals surface area (Å²) in [6, 6.07) is 4.79. The molecular formula is C28H39N5O5. The molecule has 1 N–H and O–H groups in total. The van der Waals surface area contributed by atoms with Crippen molar-refractivity contribution in [1.29, 1.82) is 5.26 Å². The largest absolute Gasteiger partial charge is 0.481 e. The fraction of sp³-hybridized carbons (Fsp3) is 0.679. The summed E-state index contributed by atoms with van der Waals surface area (Å²) in [4.78, 5) is 47.9. The number of pyridine rings is 1. The number of likely N-dealkylation sites (tertiary alicyclic amines) is 1. The maximum atomic E-state index is 13.9. The maximum Gasteiger partial charge on any atom is 0.408 e. The number of methoxy groups -OCH3 is 1. The van der Waals surface area contributed by atoms with E-state index in [0.29, 0.717) is 31.8 Å². The Hall–Kier alpha value is -3.35. The Morgan fingerprint density at radius 1 is 1.13 bits per heavy atom. The molecule has 3 aliphatic heterocycles. The van der Waals surface area contributed by atoms with Crippen LogP contribution in [0.2, 0.25) is 0 Å². The van der Waals surface area contributed by atoms with E-state index >= 15 is 0 Å². The summed E-state index contributed by atoms with van der Waals surface area (Å²) in [6.45, 7) is 7.91. The monoisotopic (exact) mass is 525 g/mol. The van der Waals surface area contributed by atoms with Gasteiger partial charge in [0.25, 0.3) is 0 Å². The number of aryl methyl sites for hydroxylation is 1. The SMILES string of the molecule is COc1cc([C@@H]2CN(C(=O)[C@@H]3CC[C@@H]4CCCC[C@H](NC(=O)OC(C)(C)C)C(=O)N43)CC2C#N)cc(C)n1. The minimum Gasteiger partial charge on any atom is -0.481 e. The molecule has 38 heavy (non-hydrogen) atoms. The number of hydrogen-bond donors (Lipinski definition) is 1. The molecule has 0 radical (unpaired) electrons. The molecule has 3 fully saturated rings. The van der Waals surface area contributed by atoms with Crippen LogP contribution in [-0.4, -0.2) is 76.6 Å². The molecule has 0 aliphatic carbocycles. The predicted molar refractivity (Wildman–Crippen MR) is 139 cm³/mol. The number of nitrogens with one attached hydrogen (secondary N) is 1. The number of ether oxygens (including phenoxy) is 2. The molecule has 5 atom stereocenters. The zero-order chi connectivity index (χ0) is 27.6. The number of nitriles is 1. The molecule has 0 saturated carbocycles. The van der Waals surface area contributed by atoms with Gasteiger partial charge in [0.1, 0.15) is 17.7 Å². The van der Waals surface area contributed by atoms with Crippen molar-refractivity contribution in [2.24, 2.45) is 5.92 Å². The summed E-state index contributed by atoms with van der Waals surface area (Å²) in [6.07, 6.45) is 3.80. The van der Waals surface area contributed by atoms with Crippen LogP contribution < -0.4 is 10.1 Å². The molecule has 3 amide bonds. The zero-order valence-electron chi connectivity index (χ0n) is 23.0. The Morgan fingerprint density at radius 2 is 1.87 bits per heavy atom. The van der Waals surface area contributed by atoms with Crippen molar-refractivity contribution in [3.63, 3.8) is 0 Å². The van der Waals surface area contributed by atoms with Crippen LogP contribution in [0.5, 0.6) is 5.88 Å². The molecule has 10 heteroatoms. The van der Waals surface area contributed by atoms with Crippen molar-refractivity contribution in [3.8, 4) is 11.9 Å². The highest BCUT2D eigenvalue weighted by Gasteiger charge is 2.47. The highest BCUT2D eigenvalue weighted by molar-refractivity contribution is 5.92. The van der Waals surface area contributed by atoms with Gasteiger partial charge in [0, 0.05) is 36.8 Å². The number of amides is 3. The molecule has 10 nitrogen and oxygen atoms in total. The van der Waals surface area contributed by atoms with Crippen LogP contribution in [0, 0.1) is 24.2 Å². The highest BCUT2D eigenvalue weighted by Crippen LogP contribution is 2.37. The minimum atomic E-state index is -0.730. The van der Waals surface area contributed by atoms with E-state index in [4.69, 9.17) is 9.47 Å². The van der Waals surface area contributed by atoms with Gasteiger partial charge in [-0.15, -0.1) is 0 Å². The van der Waals surface area contributed by atoms with Crippen LogP contribution >= 0.6 is 0 Å². The van der Waals surface area contributed by atoms with Gasteiger partial charge in [0.2, 0.25) is 17.7 Å². The normalized spacial score (nSPS) is 27.7. The average Bonchev–Trinajstić information content (AvgIpc) is 3.47. The third kappa shape index (κ3) is 6.03. The molecule has 4 heterocycles. The zero-order valence-corrected chi connectivity index (χ0v) is 23.0. The second kappa shape index (κ2) is 11.2. The van der Waals surface area contributed by atoms with Gasteiger partial charge in [-0.2, -0.15) is 5.26 Å². The van der Waals surface area contributed by atoms with Gasteiger partial charge < -0.3 is 24.6 Å². The summed E-state index contributed by atoms with van der Waals surface area (Å²) >= 11 is 0. The van der Waals surface area contributed by atoms with E-state index in [1.165, 1.54) is 0 Å². The fourth-order valence-corrected chi connectivity index (χ4v) is 6.00. The van der Waals surface area contributed by atoms with Gasteiger partial charge in [0.15, 0.2) is 0 Å². The lowest BCUT2D eigenvalue weighted by molar-refractivity contribution is -0.146. The molecule has 0 aromatic carbocycles. The smallest absolute Gasteiger partial charge is 0.408 e. The van der Waals surface area contributed by atoms with Gasteiger partial charge in [-0.25, -0.2) is 9.78 Å². The summed E-state index contributed by atoms with van der Waals surface area (Å²) in [5, 5.41) is 12.7. The van der Waals surface area contributed by atoms with Crippen LogP contribution in [0.1, 0.15) is 76.5 Å². The Labute approximate surface area is 224 Å². The van der Waals surface area contributed by atoms with Crippen molar-refractivity contribution in [3.05, 3.63) is 23.4 Å². The Balaban J connectivity index is 1.52. The third-order valence-corrected chi connectivity index (χ3v) is 7.70. The van der Waals surface area contributed by atoms with Crippen molar-refractivity contribution >= 4 is 17.9 Å². The maximum absolute atomic E-state index is 13.9. The number of aromatic nitrogens is 1. The number of rotatable bonds is 4. The number of carbonyl (C=O) groups is 3. The van der Waals surface area contributed by atoms with Crippen molar-refractivity contribution in [1.82, 2.24) is 20.1 Å². The van der Waals surface area contributed by atoms with E-state index in [0.717, 1.165) is 36.9 Å². The van der Waals surface area contributed by atoms with E-state index in [9.17, 15) is 19.6 Å².